The molecule has 0 bridgehead atoms. The van der Waals surface area contributed by atoms with Gasteiger partial charge in [-0.15, -0.1) is 0 Å². The van der Waals surface area contributed by atoms with Gasteiger partial charge in [-0.05, 0) is 74.8 Å². The van der Waals surface area contributed by atoms with Gasteiger partial charge in [-0.2, -0.15) is 5.10 Å². The zero-order chi connectivity index (χ0) is 29.7. The fourth-order valence-corrected chi connectivity index (χ4v) is 6.32. The molecule has 2 heterocycles. The number of nitrogens with zero attached hydrogens (tertiary/aromatic N) is 3. The van der Waals surface area contributed by atoms with Crippen LogP contribution in [0.1, 0.15) is 67.4 Å². The Balaban J connectivity index is 1.08. The van der Waals surface area contributed by atoms with E-state index in [1.54, 1.807) is 37.3 Å². The van der Waals surface area contributed by atoms with E-state index >= 15 is 0 Å². The van der Waals surface area contributed by atoms with Gasteiger partial charge in [0.05, 0.1) is 34.9 Å². The van der Waals surface area contributed by atoms with Gasteiger partial charge in [-0.3, -0.25) is 19.2 Å². The average molecular weight is 599 g/mol. The van der Waals surface area contributed by atoms with Crippen molar-refractivity contribution < 1.29 is 19.4 Å². The number of likely N-dealkylation sites (tertiary alicyclic amines) is 1. The van der Waals surface area contributed by atoms with Crippen LogP contribution in [-0.4, -0.2) is 56.7 Å². The number of aromatic nitrogens is 2. The van der Waals surface area contributed by atoms with Crippen LogP contribution < -0.4 is 10.1 Å². The monoisotopic (exact) mass is 598 g/mol. The Labute approximate surface area is 255 Å². The Morgan fingerprint density at radius 1 is 1.00 bits per heavy atom. The van der Waals surface area contributed by atoms with Gasteiger partial charge in [0.1, 0.15) is 5.75 Å². The zero-order valence-corrected chi connectivity index (χ0v) is 24.9. The zero-order valence-electron chi connectivity index (χ0n) is 24.1. The summed E-state index contributed by atoms with van der Waals surface area (Å²) in [6.07, 6.45) is 8.29. The summed E-state index contributed by atoms with van der Waals surface area (Å²) < 4.78 is 7.97. The number of rotatable bonds is 10. The first-order valence-corrected chi connectivity index (χ1v) is 15.6. The predicted octanol–water partition coefficient (Wildman–Crippen LogP) is 5.86. The number of carbonyl (C=O) groups is 2. The number of nitrogens with one attached hydrogen (secondary N) is 1. The maximum atomic E-state index is 13.2. The molecule has 2 atom stereocenters. The van der Waals surface area contributed by atoms with Crippen LogP contribution in [-0.2, 0) is 10.5 Å². The van der Waals surface area contributed by atoms with Gasteiger partial charge in [0.15, 0.2) is 5.72 Å². The lowest BCUT2D eigenvalue weighted by Gasteiger charge is -2.42. The first-order chi connectivity index (χ1) is 20.8. The highest BCUT2D eigenvalue weighted by molar-refractivity contribution is 6.42. The number of Topliss-reactive ketones (excluding diaryl/α,β-unsaturated/α-hetero) is 1. The molecule has 1 aliphatic heterocycles. The summed E-state index contributed by atoms with van der Waals surface area (Å²) in [6.45, 7) is 3.05. The lowest BCUT2D eigenvalue weighted by atomic mass is 9.93. The molecule has 0 unspecified atom stereocenters. The van der Waals surface area contributed by atoms with Crippen molar-refractivity contribution in [3.05, 3.63) is 83.0 Å². The molecular formula is C34H35ClN4O4. The number of hydrogen-bond acceptors (Lipinski definition) is 6. The summed E-state index contributed by atoms with van der Waals surface area (Å²) in [4.78, 5) is 28.4. The molecule has 43 heavy (non-hydrogen) atoms. The first-order valence-electron chi connectivity index (χ1n) is 15.2. The van der Waals surface area contributed by atoms with Gasteiger partial charge in [-0.1, -0.05) is 54.1 Å². The van der Waals surface area contributed by atoms with Crippen molar-refractivity contribution in [3.8, 4) is 16.9 Å². The number of ketones is 1. The molecular weight excluding hydrogens is 564 g/mol. The van der Waals surface area contributed by atoms with Crippen LogP contribution in [0.15, 0.2) is 66.9 Å². The molecule has 0 spiro atoms. The minimum atomic E-state index is -1.55. The van der Waals surface area contributed by atoms with Crippen molar-refractivity contribution in [2.24, 2.45) is 0 Å². The van der Waals surface area contributed by atoms with Crippen LogP contribution in [0.4, 0.5) is 0 Å². The molecule has 9 heteroatoms. The topological polar surface area (TPSA) is 96.7 Å². The molecule has 0 radical (unpaired) electrons. The molecule has 8 nitrogen and oxygen atoms in total. The number of benzene rings is 3. The second kappa shape index (κ2) is 11.1. The number of ether oxygens (including phenoxy) is 1. The van der Waals surface area contributed by atoms with E-state index in [0.29, 0.717) is 35.5 Å². The Hall–Kier alpha value is -3.72. The summed E-state index contributed by atoms with van der Waals surface area (Å²) in [5.74, 6) is -0.844. The van der Waals surface area contributed by atoms with Crippen molar-refractivity contribution in [2.45, 2.75) is 69.4 Å². The molecule has 222 valence electrons. The average Bonchev–Trinajstić information content (AvgIpc) is 3.94. The third-order valence-corrected chi connectivity index (χ3v) is 9.19. The van der Waals surface area contributed by atoms with Gasteiger partial charge in [0, 0.05) is 29.6 Å². The summed E-state index contributed by atoms with van der Waals surface area (Å²) in [7, 11) is 0. The fraction of sp³-hybridized carbons (Fsp3) is 0.382. The molecule has 2 aliphatic carbocycles. The van der Waals surface area contributed by atoms with Crippen molar-refractivity contribution >= 4 is 34.2 Å². The number of carbonyl (C=O) groups excluding carboxylic acids is 2. The van der Waals surface area contributed by atoms with Crippen LogP contribution >= 0.6 is 11.6 Å². The minimum absolute atomic E-state index is 0.194. The lowest BCUT2D eigenvalue weighted by molar-refractivity contribution is -0.139. The molecule has 2 saturated carbocycles. The Morgan fingerprint density at radius 3 is 2.40 bits per heavy atom. The van der Waals surface area contributed by atoms with Crippen molar-refractivity contribution in [1.29, 1.82) is 0 Å². The van der Waals surface area contributed by atoms with E-state index in [2.05, 4.69) is 27.2 Å². The molecule has 3 aliphatic rings. The van der Waals surface area contributed by atoms with E-state index in [1.807, 2.05) is 29.3 Å². The van der Waals surface area contributed by atoms with Crippen molar-refractivity contribution in [3.63, 3.8) is 0 Å². The molecule has 1 saturated heterocycles. The van der Waals surface area contributed by atoms with Gasteiger partial charge in [-0.25, -0.2) is 0 Å². The fourth-order valence-electron chi connectivity index (χ4n) is 6.09. The van der Waals surface area contributed by atoms with Crippen LogP contribution in [0.3, 0.4) is 0 Å². The van der Waals surface area contributed by atoms with E-state index in [1.165, 1.54) is 0 Å². The third kappa shape index (κ3) is 5.44. The highest BCUT2D eigenvalue weighted by Gasteiger charge is 2.44. The molecule has 7 rings (SSSR count). The summed E-state index contributed by atoms with van der Waals surface area (Å²) in [6, 6.07) is 18.3. The number of hydrogen-bond donors (Lipinski definition) is 2. The smallest absolute Gasteiger partial charge is 0.292 e. The molecule has 4 aromatic rings. The Kier molecular flexibility index (Phi) is 7.24. The van der Waals surface area contributed by atoms with Crippen LogP contribution in [0.2, 0.25) is 5.02 Å². The lowest BCUT2D eigenvalue weighted by Crippen LogP contribution is -2.59. The highest BCUT2D eigenvalue weighted by atomic mass is 35.5. The standard InChI is InChI=1S/C34H35ClN4O4/c1-21(34(42,38-16-2-3-17-38)26-10-15-31(29(35)19-26)43-28-13-14-28)37-33(41)32(40)23-6-4-22(5-7-23)24-8-9-25-20-36-39(27-11-12-27)30(25)18-24/h4-10,15,18-21,27-28,42H,2-3,11-14,16-17H2,1H3,(H,37,41)/t21-,34+/m1/s1. The van der Waals surface area contributed by atoms with Crippen LogP contribution in [0, 0.1) is 0 Å². The predicted molar refractivity (Wildman–Crippen MR) is 165 cm³/mol. The van der Waals surface area contributed by atoms with E-state index < -0.39 is 23.5 Å². The maximum absolute atomic E-state index is 13.2. The number of fused-ring (bicyclic) bond motifs is 1. The quantitative estimate of drug-likeness (QED) is 0.175. The second-order valence-electron chi connectivity index (χ2n) is 12.1. The number of halogens is 1. The molecule has 2 N–H and O–H groups in total. The Bertz CT molecular complexity index is 1690. The Morgan fingerprint density at radius 2 is 1.72 bits per heavy atom. The van der Waals surface area contributed by atoms with Gasteiger partial charge in [0.25, 0.3) is 5.91 Å². The molecule has 3 fully saturated rings. The largest absolute Gasteiger partial charge is 0.489 e. The normalized spacial score (nSPS) is 19.2. The third-order valence-electron chi connectivity index (χ3n) is 8.89. The van der Waals surface area contributed by atoms with E-state index in [-0.39, 0.29) is 11.7 Å². The van der Waals surface area contributed by atoms with E-state index in [9.17, 15) is 14.7 Å². The molecule has 1 aromatic heterocycles. The van der Waals surface area contributed by atoms with Gasteiger partial charge >= 0.3 is 0 Å². The number of aliphatic hydroxyl groups is 1. The van der Waals surface area contributed by atoms with E-state index in [4.69, 9.17) is 16.3 Å². The molecule has 1 amide bonds. The summed E-state index contributed by atoms with van der Waals surface area (Å²) >= 11 is 6.56. The van der Waals surface area contributed by atoms with Crippen molar-refractivity contribution in [2.75, 3.05) is 13.1 Å². The SMILES string of the molecule is C[C@@H](NC(=O)C(=O)c1ccc(-c2ccc3cnn(C4CC4)c3c2)cc1)[C@](O)(c1ccc(OC2CC2)c(Cl)c1)N1CCCC1. The second-order valence-corrected chi connectivity index (χ2v) is 12.5. The first kappa shape index (κ1) is 28.1. The minimum Gasteiger partial charge on any atom is -0.489 e. The van der Waals surface area contributed by atoms with E-state index in [0.717, 1.165) is 60.6 Å². The van der Waals surface area contributed by atoms with Crippen LogP contribution in [0.25, 0.3) is 22.0 Å². The molecule has 3 aromatic carbocycles. The summed E-state index contributed by atoms with van der Waals surface area (Å²) in [5, 5.41) is 21.0. The van der Waals surface area contributed by atoms with Crippen molar-refractivity contribution in [1.82, 2.24) is 20.0 Å². The maximum Gasteiger partial charge on any atom is 0.292 e. The highest BCUT2D eigenvalue weighted by Crippen LogP contribution is 2.39. The van der Waals surface area contributed by atoms with Gasteiger partial charge in [0.2, 0.25) is 5.78 Å². The summed E-state index contributed by atoms with van der Waals surface area (Å²) in [5.41, 5.74) is 2.35. The van der Waals surface area contributed by atoms with Gasteiger partial charge < -0.3 is 15.2 Å². The number of amides is 1. The van der Waals surface area contributed by atoms with Crippen LogP contribution in [0.5, 0.6) is 5.75 Å².